The second-order valence-electron chi connectivity index (χ2n) is 8.15. The highest BCUT2D eigenvalue weighted by Gasteiger charge is 2.29. The Hall–Kier alpha value is -2.63. The summed E-state index contributed by atoms with van der Waals surface area (Å²) in [6.45, 7) is 8.66. The number of nitrogens with one attached hydrogen (secondary N) is 1. The summed E-state index contributed by atoms with van der Waals surface area (Å²) < 4.78 is 4.81. The first-order chi connectivity index (χ1) is 14.0. The Bertz CT molecular complexity index is 970. The molecule has 29 heavy (non-hydrogen) atoms. The first kappa shape index (κ1) is 19.7. The SMILES string of the molecule is COC(=O)c1cc2ccc(CN3C[C@@H](C)N(Cc4ccccc4)[C@@H](C)C3)cc2[nH]1. The van der Waals surface area contributed by atoms with Crippen LogP contribution < -0.4 is 0 Å². The number of esters is 1. The van der Waals surface area contributed by atoms with E-state index in [9.17, 15) is 4.79 Å². The average Bonchev–Trinajstić information content (AvgIpc) is 3.14. The molecule has 5 heteroatoms. The number of H-pyrrole nitrogens is 1. The van der Waals surface area contributed by atoms with Crippen LogP contribution in [0, 0.1) is 0 Å². The molecule has 1 aliphatic heterocycles. The first-order valence-corrected chi connectivity index (χ1v) is 10.3. The fourth-order valence-electron chi connectivity index (χ4n) is 4.45. The lowest BCUT2D eigenvalue weighted by Gasteiger charge is -2.44. The van der Waals surface area contributed by atoms with E-state index in [2.05, 4.69) is 77.2 Å². The van der Waals surface area contributed by atoms with E-state index in [1.807, 2.05) is 6.07 Å². The van der Waals surface area contributed by atoms with E-state index in [0.29, 0.717) is 17.8 Å². The minimum atomic E-state index is -0.333. The standard InChI is InChI=1S/C24H29N3O2/c1-17-13-26(14-18(2)27(17)16-19-7-5-4-6-8-19)15-20-9-10-21-12-23(24(28)29-3)25-22(21)11-20/h4-12,17-18,25H,13-16H2,1-3H3/t17-,18+. The number of ether oxygens (including phenoxy) is 1. The van der Waals surface area contributed by atoms with Crippen LogP contribution in [0.1, 0.15) is 35.5 Å². The van der Waals surface area contributed by atoms with Crippen molar-refractivity contribution in [1.29, 1.82) is 0 Å². The molecule has 4 rings (SSSR count). The number of nitrogens with zero attached hydrogens (tertiary/aromatic N) is 2. The Morgan fingerprint density at radius 1 is 1.00 bits per heavy atom. The zero-order valence-electron chi connectivity index (χ0n) is 17.4. The smallest absolute Gasteiger partial charge is 0.354 e. The van der Waals surface area contributed by atoms with E-state index in [0.717, 1.165) is 37.1 Å². The van der Waals surface area contributed by atoms with Gasteiger partial charge in [0.15, 0.2) is 0 Å². The Labute approximate surface area is 172 Å². The third kappa shape index (κ3) is 4.36. The van der Waals surface area contributed by atoms with Crippen LogP contribution in [0.3, 0.4) is 0 Å². The fourth-order valence-corrected chi connectivity index (χ4v) is 4.45. The fraction of sp³-hybridized carbons (Fsp3) is 0.375. The molecule has 2 aromatic carbocycles. The van der Waals surface area contributed by atoms with Gasteiger partial charge in [-0.3, -0.25) is 9.80 Å². The molecule has 1 saturated heterocycles. The average molecular weight is 392 g/mol. The molecular weight excluding hydrogens is 362 g/mol. The molecule has 0 saturated carbocycles. The molecule has 0 amide bonds. The molecule has 0 unspecified atom stereocenters. The summed E-state index contributed by atoms with van der Waals surface area (Å²) in [5, 5.41) is 1.03. The lowest BCUT2D eigenvalue weighted by atomic mass is 10.0. The highest BCUT2D eigenvalue weighted by atomic mass is 16.5. The normalized spacial score (nSPS) is 20.8. The van der Waals surface area contributed by atoms with Crippen molar-refractivity contribution in [3.05, 3.63) is 71.4 Å². The minimum Gasteiger partial charge on any atom is -0.464 e. The Kier molecular flexibility index (Phi) is 5.69. The molecule has 1 N–H and O–H groups in total. The first-order valence-electron chi connectivity index (χ1n) is 10.3. The molecule has 3 aromatic rings. The van der Waals surface area contributed by atoms with Crippen molar-refractivity contribution in [3.8, 4) is 0 Å². The Morgan fingerprint density at radius 2 is 1.72 bits per heavy atom. The second-order valence-corrected chi connectivity index (χ2v) is 8.15. The van der Waals surface area contributed by atoms with Gasteiger partial charge in [0, 0.05) is 49.2 Å². The van der Waals surface area contributed by atoms with Crippen LogP contribution in [0.5, 0.6) is 0 Å². The van der Waals surface area contributed by atoms with Gasteiger partial charge < -0.3 is 9.72 Å². The van der Waals surface area contributed by atoms with Gasteiger partial charge in [-0.05, 0) is 37.1 Å². The van der Waals surface area contributed by atoms with Gasteiger partial charge in [0.25, 0.3) is 0 Å². The summed E-state index contributed by atoms with van der Waals surface area (Å²) in [5.74, 6) is -0.333. The highest BCUT2D eigenvalue weighted by Crippen LogP contribution is 2.23. The van der Waals surface area contributed by atoms with Crippen LogP contribution in [-0.2, 0) is 17.8 Å². The molecule has 1 fully saturated rings. The summed E-state index contributed by atoms with van der Waals surface area (Å²) in [5.41, 5.74) is 4.10. The second kappa shape index (κ2) is 8.39. The Morgan fingerprint density at radius 3 is 2.41 bits per heavy atom. The van der Waals surface area contributed by atoms with Gasteiger partial charge in [0.05, 0.1) is 7.11 Å². The summed E-state index contributed by atoms with van der Waals surface area (Å²) in [6.07, 6.45) is 0. The van der Waals surface area contributed by atoms with Crippen LogP contribution in [0.4, 0.5) is 0 Å². The molecule has 1 aromatic heterocycles. The highest BCUT2D eigenvalue weighted by molar-refractivity contribution is 5.94. The lowest BCUT2D eigenvalue weighted by Crippen LogP contribution is -2.55. The molecule has 1 aliphatic rings. The number of aromatic amines is 1. The quantitative estimate of drug-likeness (QED) is 0.667. The molecule has 152 valence electrons. The van der Waals surface area contributed by atoms with Crippen molar-refractivity contribution in [2.24, 2.45) is 0 Å². The number of piperazine rings is 1. The van der Waals surface area contributed by atoms with Gasteiger partial charge in [-0.1, -0.05) is 42.5 Å². The number of hydrogen-bond acceptors (Lipinski definition) is 4. The number of carbonyl (C=O) groups is 1. The summed E-state index contributed by atoms with van der Waals surface area (Å²) in [7, 11) is 1.40. The van der Waals surface area contributed by atoms with E-state index >= 15 is 0 Å². The zero-order valence-corrected chi connectivity index (χ0v) is 17.4. The third-order valence-electron chi connectivity index (χ3n) is 5.88. The van der Waals surface area contributed by atoms with E-state index in [1.165, 1.54) is 18.2 Å². The maximum absolute atomic E-state index is 11.8. The number of methoxy groups -OCH3 is 1. The van der Waals surface area contributed by atoms with Crippen molar-refractivity contribution in [3.63, 3.8) is 0 Å². The summed E-state index contributed by atoms with van der Waals surface area (Å²) in [4.78, 5) is 20.1. The van der Waals surface area contributed by atoms with Crippen LogP contribution in [-0.4, -0.2) is 53.0 Å². The van der Waals surface area contributed by atoms with E-state index < -0.39 is 0 Å². The molecule has 2 heterocycles. The summed E-state index contributed by atoms with van der Waals surface area (Å²) in [6, 6.07) is 19.9. The van der Waals surface area contributed by atoms with E-state index in [-0.39, 0.29) is 5.97 Å². The molecule has 2 atom stereocenters. The van der Waals surface area contributed by atoms with E-state index in [1.54, 1.807) is 0 Å². The predicted molar refractivity (Wildman–Crippen MR) is 116 cm³/mol. The van der Waals surface area contributed by atoms with Gasteiger partial charge in [-0.2, -0.15) is 0 Å². The molecule has 0 bridgehead atoms. The van der Waals surface area contributed by atoms with Crippen molar-refractivity contribution in [1.82, 2.24) is 14.8 Å². The largest absolute Gasteiger partial charge is 0.464 e. The number of carbonyl (C=O) groups excluding carboxylic acids is 1. The van der Waals surface area contributed by atoms with Crippen LogP contribution in [0.15, 0.2) is 54.6 Å². The molecular formula is C24H29N3O2. The van der Waals surface area contributed by atoms with Crippen LogP contribution >= 0.6 is 0 Å². The number of hydrogen-bond donors (Lipinski definition) is 1. The van der Waals surface area contributed by atoms with Crippen LogP contribution in [0.2, 0.25) is 0 Å². The van der Waals surface area contributed by atoms with Gasteiger partial charge in [0.2, 0.25) is 0 Å². The number of benzene rings is 2. The maximum atomic E-state index is 11.8. The van der Waals surface area contributed by atoms with Gasteiger partial charge >= 0.3 is 5.97 Å². The van der Waals surface area contributed by atoms with Gasteiger partial charge in [-0.15, -0.1) is 0 Å². The molecule has 0 radical (unpaired) electrons. The van der Waals surface area contributed by atoms with Crippen molar-refractivity contribution < 1.29 is 9.53 Å². The van der Waals surface area contributed by atoms with Crippen molar-refractivity contribution >= 4 is 16.9 Å². The molecule has 0 spiro atoms. The molecule has 0 aliphatic carbocycles. The van der Waals surface area contributed by atoms with Gasteiger partial charge in [0.1, 0.15) is 5.69 Å². The molecule has 5 nitrogen and oxygen atoms in total. The Balaban J connectivity index is 1.43. The van der Waals surface area contributed by atoms with Gasteiger partial charge in [-0.25, -0.2) is 4.79 Å². The number of aromatic nitrogens is 1. The van der Waals surface area contributed by atoms with Crippen molar-refractivity contribution in [2.45, 2.75) is 39.0 Å². The summed E-state index contributed by atoms with van der Waals surface area (Å²) >= 11 is 0. The maximum Gasteiger partial charge on any atom is 0.354 e. The van der Waals surface area contributed by atoms with Crippen molar-refractivity contribution in [2.75, 3.05) is 20.2 Å². The topological polar surface area (TPSA) is 48.6 Å². The number of rotatable bonds is 5. The number of fused-ring (bicyclic) bond motifs is 1. The lowest BCUT2D eigenvalue weighted by molar-refractivity contribution is 0.0290. The van der Waals surface area contributed by atoms with E-state index in [4.69, 9.17) is 4.74 Å². The zero-order chi connectivity index (χ0) is 20.4. The third-order valence-corrected chi connectivity index (χ3v) is 5.88. The minimum absolute atomic E-state index is 0.333. The predicted octanol–water partition coefficient (Wildman–Crippen LogP) is 4.05. The monoisotopic (exact) mass is 391 g/mol. The van der Waals surface area contributed by atoms with Crippen LogP contribution in [0.25, 0.3) is 10.9 Å².